The Balaban J connectivity index is 2.78. The largest absolute Gasteiger partial charge is 0.457 e. The molecular weight excluding hydrogens is 369 g/mol. The third-order valence-corrected chi connectivity index (χ3v) is 5.74. The first-order valence-corrected chi connectivity index (χ1v) is 10.8. The van der Waals surface area contributed by atoms with Crippen molar-refractivity contribution >= 4 is 18.9 Å². The first-order chi connectivity index (χ1) is 13.1. The normalized spacial score (nSPS) is 20.2. The van der Waals surface area contributed by atoms with Crippen LogP contribution in [0, 0.1) is 0 Å². The van der Waals surface area contributed by atoms with Gasteiger partial charge in [0, 0.05) is 12.5 Å². The van der Waals surface area contributed by atoms with Gasteiger partial charge in [-0.25, -0.2) is 0 Å². The average Bonchev–Trinajstić information content (AvgIpc) is 2.74. The lowest BCUT2D eigenvalue weighted by Gasteiger charge is -2.36. The van der Waals surface area contributed by atoms with Gasteiger partial charge in [-0.2, -0.15) is 0 Å². The molecule has 1 rings (SSSR count). The summed E-state index contributed by atoms with van der Waals surface area (Å²) >= 11 is 0. The number of hydrogen-bond acceptors (Lipinski definition) is 5. The Hall–Kier alpha value is -1.12. The number of rotatable bonds is 10. The maximum Gasteiger partial charge on any atom is 0.457 e. The van der Waals surface area contributed by atoms with E-state index in [2.05, 4.69) is 10.6 Å². The van der Waals surface area contributed by atoms with Crippen molar-refractivity contribution in [1.29, 1.82) is 0 Å². The Morgan fingerprint density at radius 1 is 0.931 bits per heavy atom. The van der Waals surface area contributed by atoms with E-state index in [1.165, 1.54) is 6.92 Å². The Kier molecular flexibility index (Phi) is 8.75. The fourth-order valence-electron chi connectivity index (χ4n) is 3.56. The van der Waals surface area contributed by atoms with Gasteiger partial charge in [-0.05, 0) is 80.6 Å². The lowest BCUT2D eigenvalue weighted by Crippen LogP contribution is -2.61. The molecule has 0 bridgehead atoms. The molecular formula is C21H42BN3O4. The molecule has 1 aliphatic heterocycles. The first kappa shape index (κ1) is 25.9. The monoisotopic (exact) mass is 411 g/mol. The van der Waals surface area contributed by atoms with Gasteiger partial charge in [0.2, 0.25) is 11.8 Å². The number of unbranched alkanes of at least 4 members (excludes halogenated alkanes) is 1. The second kappa shape index (κ2) is 9.79. The minimum Gasteiger partial charge on any atom is -0.403 e. The summed E-state index contributed by atoms with van der Waals surface area (Å²) in [4.78, 5) is 25.0. The Labute approximate surface area is 177 Å². The highest BCUT2D eigenvalue weighted by Crippen LogP contribution is 2.38. The van der Waals surface area contributed by atoms with E-state index in [1.807, 2.05) is 48.5 Å². The standard InChI is InChI=1S/C21H42BN3O4/c1-16(26)24-21(13-11-15-23,17(27)25-18(2,3)4)12-9-10-14-22-28-19(5,6)20(7,8)29-22/h9-15,23H2,1-8H3,(H,24,26)(H,25,27). The summed E-state index contributed by atoms with van der Waals surface area (Å²) in [6, 6.07) is 0. The van der Waals surface area contributed by atoms with Crippen molar-refractivity contribution in [1.82, 2.24) is 10.6 Å². The molecule has 1 fully saturated rings. The molecule has 1 unspecified atom stereocenters. The SMILES string of the molecule is CC(=O)NC(CCCN)(CCCCB1OC(C)(C)C(C)(C)O1)C(=O)NC(C)(C)C. The fraction of sp³-hybridized carbons (Fsp3) is 0.905. The van der Waals surface area contributed by atoms with Gasteiger partial charge < -0.3 is 25.7 Å². The highest BCUT2D eigenvalue weighted by molar-refractivity contribution is 6.45. The van der Waals surface area contributed by atoms with Gasteiger partial charge in [-0.1, -0.05) is 12.8 Å². The van der Waals surface area contributed by atoms with Crippen LogP contribution in [-0.4, -0.2) is 47.8 Å². The van der Waals surface area contributed by atoms with E-state index in [4.69, 9.17) is 15.0 Å². The van der Waals surface area contributed by atoms with Crippen LogP contribution in [0.1, 0.15) is 87.5 Å². The molecule has 2 amide bonds. The second-order valence-electron chi connectivity index (χ2n) is 10.3. The molecule has 0 aromatic heterocycles. The summed E-state index contributed by atoms with van der Waals surface area (Å²) in [5, 5.41) is 5.97. The van der Waals surface area contributed by atoms with Crippen LogP contribution in [0.15, 0.2) is 0 Å². The summed E-state index contributed by atoms with van der Waals surface area (Å²) in [6.07, 6.45) is 4.08. The number of amides is 2. The van der Waals surface area contributed by atoms with Gasteiger partial charge in [0.05, 0.1) is 11.2 Å². The van der Waals surface area contributed by atoms with Crippen molar-refractivity contribution in [2.24, 2.45) is 5.73 Å². The van der Waals surface area contributed by atoms with Crippen LogP contribution >= 0.6 is 0 Å². The van der Waals surface area contributed by atoms with Crippen molar-refractivity contribution in [3.05, 3.63) is 0 Å². The molecule has 4 N–H and O–H groups in total. The number of nitrogens with two attached hydrogens (primary N) is 1. The summed E-state index contributed by atoms with van der Waals surface area (Å²) < 4.78 is 12.1. The molecule has 1 saturated heterocycles. The zero-order valence-electron chi connectivity index (χ0n) is 19.7. The topological polar surface area (TPSA) is 103 Å². The van der Waals surface area contributed by atoms with Gasteiger partial charge in [0.25, 0.3) is 0 Å². The predicted molar refractivity (Wildman–Crippen MR) is 117 cm³/mol. The Morgan fingerprint density at radius 2 is 1.45 bits per heavy atom. The van der Waals surface area contributed by atoms with E-state index in [-0.39, 0.29) is 35.7 Å². The quantitative estimate of drug-likeness (QED) is 0.379. The molecule has 8 heteroatoms. The van der Waals surface area contributed by atoms with Crippen molar-refractivity contribution in [2.75, 3.05) is 6.54 Å². The van der Waals surface area contributed by atoms with E-state index in [1.54, 1.807) is 0 Å². The Bertz CT molecular complexity index is 559. The van der Waals surface area contributed by atoms with Crippen LogP contribution in [0.3, 0.4) is 0 Å². The third kappa shape index (κ3) is 7.57. The van der Waals surface area contributed by atoms with E-state index < -0.39 is 5.54 Å². The van der Waals surface area contributed by atoms with E-state index in [9.17, 15) is 9.59 Å². The average molecular weight is 411 g/mol. The zero-order chi connectivity index (χ0) is 22.5. The molecule has 1 aliphatic rings. The van der Waals surface area contributed by atoms with Crippen molar-refractivity contribution < 1.29 is 18.9 Å². The lowest BCUT2D eigenvalue weighted by atomic mass is 9.79. The summed E-state index contributed by atoms with van der Waals surface area (Å²) in [7, 11) is -0.248. The molecule has 0 aliphatic carbocycles. The minimum atomic E-state index is -0.950. The van der Waals surface area contributed by atoms with Crippen molar-refractivity contribution in [3.8, 4) is 0 Å². The van der Waals surface area contributed by atoms with E-state index in [0.717, 1.165) is 19.2 Å². The van der Waals surface area contributed by atoms with Crippen molar-refractivity contribution in [2.45, 2.75) is 116 Å². The van der Waals surface area contributed by atoms with Crippen LogP contribution in [0.5, 0.6) is 0 Å². The summed E-state index contributed by atoms with van der Waals surface area (Å²) in [5.74, 6) is -0.360. The third-order valence-electron chi connectivity index (χ3n) is 5.74. The summed E-state index contributed by atoms with van der Waals surface area (Å²) in [5.41, 5.74) is 3.69. The lowest BCUT2D eigenvalue weighted by molar-refractivity contribution is -0.134. The molecule has 0 aromatic carbocycles. The highest BCUT2D eigenvalue weighted by Gasteiger charge is 2.50. The van der Waals surface area contributed by atoms with Gasteiger partial charge in [-0.15, -0.1) is 0 Å². The molecule has 0 saturated carbocycles. The molecule has 1 atom stereocenters. The number of carbonyl (C=O) groups is 2. The first-order valence-electron chi connectivity index (χ1n) is 10.8. The number of hydrogen-bond donors (Lipinski definition) is 3. The number of carbonyl (C=O) groups excluding carboxylic acids is 2. The molecule has 0 spiro atoms. The molecule has 7 nitrogen and oxygen atoms in total. The van der Waals surface area contributed by atoms with E-state index in [0.29, 0.717) is 25.8 Å². The fourth-order valence-corrected chi connectivity index (χ4v) is 3.56. The van der Waals surface area contributed by atoms with Gasteiger partial charge in [0.15, 0.2) is 0 Å². The molecule has 29 heavy (non-hydrogen) atoms. The predicted octanol–water partition coefficient (Wildman–Crippen LogP) is 2.78. The second-order valence-corrected chi connectivity index (χ2v) is 10.3. The minimum absolute atomic E-state index is 0.149. The molecule has 1 heterocycles. The van der Waals surface area contributed by atoms with Crippen molar-refractivity contribution in [3.63, 3.8) is 0 Å². The van der Waals surface area contributed by atoms with Gasteiger partial charge in [-0.3, -0.25) is 9.59 Å². The maximum absolute atomic E-state index is 13.1. The van der Waals surface area contributed by atoms with Crippen LogP contribution < -0.4 is 16.4 Å². The highest BCUT2D eigenvalue weighted by atomic mass is 16.7. The van der Waals surface area contributed by atoms with E-state index >= 15 is 0 Å². The van der Waals surface area contributed by atoms with Gasteiger partial charge >= 0.3 is 7.12 Å². The van der Waals surface area contributed by atoms with Crippen LogP contribution in [0.2, 0.25) is 6.32 Å². The summed E-state index contributed by atoms with van der Waals surface area (Å²) in [6.45, 7) is 15.9. The maximum atomic E-state index is 13.1. The Morgan fingerprint density at radius 3 is 1.90 bits per heavy atom. The smallest absolute Gasteiger partial charge is 0.403 e. The van der Waals surface area contributed by atoms with Gasteiger partial charge in [0.1, 0.15) is 5.54 Å². The number of nitrogens with one attached hydrogen (secondary N) is 2. The molecule has 168 valence electrons. The molecule has 0 aromatic rings. The van der Waals surface area contributed by atoms with Crippen LogP contribution in [-0.2, 0) is 18.9 Å². The van der Waals surface area contributed by atoms with Crippen LogP contribution in [0.4, 0.5) is 0 Å². The van der Waals surface area contributed by atoms with Crippen LogP contribution in [0.25, 0.3) is 0 Å². The zero-order valence-corrected chi connectivity index (χ0v) is 19.7. The molecule has 0 radical (unpaired) electrons.